The molecule has 0 aliphatic heterocycles. The molecule has 12 heavy (non-hydrogen) atoms. The van der Waals surface area contributed by atoms with Crippen molar-refractivity contribution in [1.29, 1.82) is 5.26 Å². The summed E-state index contributed by atoms with van der Waals surface area (Å²) in [5.41, 5.74) is 0.455. The van der Waals surface area contributed by atoms with Crippen LogP contribution in [0, 0.1) is 11.3 Å². The lowest BCUT2D eigenvalue weighted by Gasteiger charge is -2.01. The molecule has 0 aliphatic rings. The van der Waals surface area contributed by atoms with Crippen molar-refractivity contribution in [2.45, 2.75) is 13.3 Å². The highest BCUT2D eigenvalue weighted by Crippen LogP contribution is 2.03. The molecule has 0 fully saturated rings. The van der Waals surface area contributed by atoms with Gasteiger partial charge in [-0.3, -0.25) is 0 Å². The van der Waals surface area contributed by atoms with Crippen molar-refractivity contribution < 1.29 is 0 Å². The Morgan fingerprint density at radius 2 is 2.42 bits per heavy atom. The number of nitrogens with one attached hydrogen (secondary N) is 1. The number of aromatic nitrogens is 1. The third-order valence-corrected chi connectivity index (χ3v) is 1.42. The van der Waals surface area contributed by atoms with Crippen LogP contribution in [0.3, 0.4) is 0 Å². The van der Waals surface area contributed by atoms with E-state index in [1.807, 2.05) is 18.2 Å². The molecule has 1 aromatic rings. The lowest BCUT2D eigenvalue weighted by molar-refractivity contribution is 0.968. The molecule has 0 amide bonds. The molecule has 1 N–H and O–H groups in total. The van der Waals surface area contributed by atoms with Gasteiger partial charge in [0.15, 0.2) is 0 Å². The quantitative estimate of drug-likeness (QED) is 0.735. The van der Waals surface area contributed by atoms with Crippen LogP contribution in [0.2, 0.25) is 0 Å². The lowest BCUT2D eigenvalue weighted by atomic mass is 10.3. The van der Waals surface area contributed by atoms with Gasteiger partial charge in [-0.15, -0.1) is 0 Å². The molecule has 0 radical (unpaired) electrons. The van der Waals surface area contributed by atoms with Crippen LogP contribution in [0.4, 0.5) is 5.82 Å². The van der Waals surface area contributed by atoms with Crippen molar-refractivity contribution in [2.75, 3.05) is 11.9 Å². The molecule has 3 nitrogen and oxygen atoms in total. The van der Waals surface area contributed by atoms with E-state index in [4.69, 9.17) is 5.26 Å². The summed E-state index contributed by atoms with van der Waals surface area (Å²) >= 11 is 0. The molecule has 1 rings (SSSR count). The Labute approximate surface area is 72.1 Å². The van der Waals surface area contributed by atoms with Gasteiger partial charge in [-0.2, -0.15) is 5.26 Å². The Balaban J connectivity index is 2.68. The van der Waals surface area contributed by atoms with E-state index in [9.17, 15) is 0 Å². The molecule has 1 aromatic heterocycles. The second-order valence-corrected chi connectivity index (χ2v) is 2.45. The molecule has 3 heteroatoms. The molecule has 62 valence electrons. The molecule has 0 unspecified atom stereocenters. The number of rotatable bonds is 3. The fraction of sp³-hybridized carbons (Fsp3) is 0.333. The predicted octanol–water partition coefficient (Wildman–Crippen LogP) is 1.78. The monoisotopic (exact) mass is 161 g/mol. The first-order chi connectivity index (χ1) is 5.86. The second-order valence-electron chi connectivity index (χ2n) is 2.45. The predicted molar refractivity (Wildman–Crippen MR) is 47.7 cm³/mol. The standard InChI is InChI=1S/C9H11N3/c1-2-6-11-9-5-3-4-8(7-10)12-9/h3-5H,2,6H2,1H3,(H,11,12). The van der Waals surface area contributed by atoms with E-state index in [1.165, 1.54) is 0 Å². The summed E-state index contributed by atoms with van der Waals surface area (Å²) in [4.78, 5) is 4.06. The molecular weight excluding hydrogens is 150 g/mol. The van der Waals surface area contributed by atoms with E-state index >= 15 is 0 Å². The van der Waals surface area contributed by atoms with Crippen molar-refractivity contribution in [3.8, 4) is 6.07 Å². The largest absolute Gasteiger partial charge is 0.370 e. The van der Waals surface area contributed by atoms with E-state index in [1.54, 1.807) is 6.07 Å². The Hall–Kier alpha value is -1.56. The van der Waals surface area contributed by atoms with Crippen LogP contribution in [0.1, 0.15) is 19.0 Å². The van der Waals surface area contributed by atoms with Gasteiger partial charge in [0.25, 0.3) is 0 Å². The Kier molecular flexibility index (Phi) is 3.09. The molecule has 0 bridgehead atoms. The van der Waals surface area contributed by atoms with E-state index in [0.717, 1.165) is 18.8 Å². The van der Waals surface area contributed by atoms with Gasteiger partial charge < -0.3 is 5.32 Å². The summed E-state index contributed by atoms with van der Waals surface area (Å²) < 4.78 is 0. The van der Waals surface area contributed by atoms with Crippen LogP contribution in [-0.2, 0) is 0 Å². The maximum absolute atomic E-state index is 8.55. The van der Waals surface area contributed by atoms with Crippen molar-refractivity contribution >= 4 is 5.82 Å². The van der Waals surface area contributed by atoms with Crippen molar-refractivity contribution in [3.05, 3.63) is 23.9 Å². The van der Waals surface area contributed by atoms with Gasteiger partial charge in [-0.1, -0.05) is 13.0 Å². The molecule has 0 aromatic carbocycles. The van der Waals surface area contributed by atoms with Crippen LogP contribution in [-0.4, -0.2) is 11.5 Å². The summed E-state index contributed by atoms with van der Waals surface area (Å²) in [6, 6.07) is 7.36. The summed E-state index contributed by atoms with van der Waals surface area (Å²) in [7, 11) is 0. The average molecular weight is 161 g/mol. The number of hydrogen-bond acceptors (Lipinski definition) is 3. The minimum Gasteiger partial charge on any atom is -0.370 e. The van der Waals surface area contributed by atoms with Crippen LogP contribution in [0.15, 0.2) is 18.2 Å². The summed E-state index contributed by atoms with van der Waals surface area (Å²) in [5, 5.41) is 11.7. The highest BCUT2D eigenvalue weighted by Gasteiger charge is 1.93. The first-order valence-electron chi connectivity index (χ1n) is 3.98. The normalized spacial score (nSPS) is 9.00. The minimum absolute atomic E-state index is 0.455. The number of anilines is 1. The Bertz CT molecular complexity index is 288. The Morgan fingerprint density at radius 3 is 3.08 bits per heavy atom. The number of nitriles is 1. The van der Waals surface area contributed by atoms with E-state index < -0.39 is 0 Å². The zero-order valence-corrected chi connectivity index (χ0v) is 7.04. The van der Waals surface area contributed by atoms with Gasteiger partial charge >= 0.3 is 0 Å². The number of nitrogens with zero attached hydrogens (tertiary/aromatic N) is 2. The van der Waals surface area contributed by atoms with Crippen molar-refractivity contribution in [1.82, 2.24) is 4.98 Å². The summed E-state index contributed by atoms with van der Waals surface area (Å²) in [6.07, 6.45) is 1.05. The van der Waals surface area contributed by atoms with Gasteiger partial charge in [-0.05, 0) is 18.6 Å². The van der Waals surface area contributed by atoms with E-state index in [0.29, 0.717) is 5.69 Å². The van der Waals surface area contributed by atoms with E-state index in [-0.39, 0.29) is 0 Å². The topological polar surface area (TPSA) is 48.7 Å². The molecule has 0 saturated carbocycles. The molecular formula is C9H11N3. The van der Waals surface area contributed by atoms with Crippen LogP contribution in [0.25, 0.3) is 0 Å². The second kappa shape index (κ2) is 4.35. The summed E-state index contributed by atoms with van der Waals surface area (Å²) in [5.74, 6) is 0.774. The number of pyridine rings is 1. The van der Waals surface area contributed by atoms with Crippen LogP contribution in [0.5, 0.6) is 0 Å². The minimum atomic E-state index is 0.455. The third kappa shape index (κ3) is 2.24. The van der Waals surface area contributed by atoms with Gasteiger partial charge in [-0.25, -0.2) is 4.98 Å². The van der Waals surface area contributed by atoms with E-state index in [2.05, 4.69) is 17.2 Å². The molecule has 0 spiro atoms. The molecule has 0 atom stereocenters. The SMILES string of the molecule is CCCNc1cccc(C#N)n1. The van der Waals surface area contributed by atoms with Gasteiger partial charge in [0.05, 0.1) is 0 Å². The van der Waals surface area contributed by atoms with Gasteiger partial charge in [0, 0.05) is 6.54 Å². The number of hydrogen-bond donors (Lipinski definition) is 1. The maximum atomic E-state index is 8.55. The van der Waals surface area contributed by atoms with Gasteiger partial charge in [0.1, 0.15) is 17.6 Å². The molecule has 1 heterocycles. The van der Waals surface area contributed by atoms with Crippen molar-refractivity contribution in [3.63, 3.8) is 0 Å². The van der Waals surface area contributed by atoms with Gasteiger partial charge in [0.2, 0.25) is 0 Å². The first kappa shape index (κ1) is 8.54. The zero-order valence-electron chi connectivity index (χ0n) is 7.04. The van der Waals surface area contributed by atoms with Crippen LogP contribution < -0.4 is 5.32 Å². The maximum Gasteiger partial charge on any atom is 0.142 e. The molecule has 0 aliphatic carbocycles. The zero-order chi connectivity index (χ0) is 8.81. The fourth-order valence-electron chi connectivity index (χ4n) is 0.849. The first-order valence-corrected chi connectivity index (χ1v) is 3.98. The smallest absolute Gasteiger partial charge is 0.142 e. The lowest BCUT2D eigenvalue weighted by Crippen LogP contribution is -2.01. The fourth-order valence-corrected chi connectivity index (χ4v) is 0.849. The average Bonchev–Trinajstić information content (AvgIpc) is 2.15. The van der Waals surface area contributed by atoms with Crippen LogP contribution >= 0.6 is 0 Å². The third-order valence-electron chi connectivity index (χ3n) is 1.42. The Morgan fingerprint density at radius 1 is 1.58 bits per heavy atom. The highest BCUT2D eigenvalue weighted by atomic mass is 15.0. The molecule has 0 saturated heterocycles. The van der Waals surface area contributed by atoms with Crippen molar-refractivity contribution in [2.24, 2.45) is 0 Å². The summed E-state index contributed by atoms with van der Waals surface area (Å²) in [6.45, 7) is 2.98. The highest BCUT2D eigenvalue weighted by molar-refractivity contribution is 5.38.